The summed E-state index contributed by atoms with van der Waals surface area (Å²) in [6, 6.07) is -1.09. The molecule has 4 nitrogen and oxygen atoms in total. The van der Waals surface area contributed by atoms with Gasteiger partial charge in [0.25, 0.3) is 0 Å². The number of rotatable bonds is 7. The van der Waals surface area contributed by atoms with Crippen LogP contribution in [0.3, 0.4) is 0 Å². The molecule has 0 saturated heterocycles. The molecule has 0 heterocycles. The Morgan fingerprint density at radius 1 is 1.38 bits per heavy atom. The zero-order chi connectivity index (χ0) is 12.7. The fraction of sp³-hybridized carbons (Fsp3) is 0.833. The van der Waals surface area contributed by atoms with Crippen molar-refractivity contribution in [2.75, 3.05) is 0 Å². The molecule has 0 saturated carbocycles. The predicted octanol–water partition coefficient (Wildman–Crippen LogP) is 1.00. The smallest absolute Gasteiger partial charge is 0.237 e. The van der Waals surface area contributed by atoms with Gasteiger partial charge in [-0.2, -0.15) is 0 Å². The molecule has 1 radical (unpaired) electrons. The Morgan fingerprint density at radius 3 is 2.31 bits per heavy atom. The number of nitrogens with one attached hydrogen (secondary N) is 1. The first kappa shape index (κ1) is 15.1. The van der Waals surface area contributed by atoms with Gasteiger partial charge in [-0.05, 0) is 18.3 Å². The fourth-order valence-electron chi connectivity index (χ4n) is 1.40. The molecule has 0 aromatic rings. The van der Waals surface area contributed by atoms with Crippen LogP contribution in [0.4, 0.5) is 0 Å². The molecule has 16 heavy (non-hydrogen) atoms. The van der Waals surface area contributed by atoms with E-state index in [2.05, 4.69) is 5.32 Å². The second kappa shape index (κ2) is 7.39. The van der Waals surface area contributed by atoms with Gasteiger partial charge >= 0.3 is 0 Å². The molecule has 0 fully saturated rings. The highest BCUT2D eigenvalue weighted by Crippen LogP contribution is 2.07. The summed E-state index contributed by atoms with van der Waals surface area (Å²) in [5.74, 6) is 0.193. The van der Waals surface area contributed by atoms with E-state index in [1.54, 1.807) is 0 Å². The van der Waals surface area contributed by atoms with E-state index in [4.69, 9.17) is 5.73 Å². The molecule has 3 atom stereocenters. The van der Waals surface area contributed by atoms with E-state index in [1.165, 1.54) is 0 Å². The minimum Gasteiger partial charge on any atom is -0.344 e. The first-order chi connectivity index (χ1) is 7.42. The van der Waals surface area contributed by atoms with Crippen molar-refractivity contribution < 1.29 is 9.59 Å². The number of carbonyl (C=O) groups excluding carboxylic acids is 2. The van der Waals surface area contributed by atoms with Crippen LogP contribution in [0.1, 0.15) is 40.5 Å². The van der Waals surface area contributed by atoms with Crippen LogP contribution in [0, 0.1) is 11.8 Å². The van der Waals surface area contributed by atoms with Crippen molar-refractivity contribution in [3.63, 3.8) is 0 Å². The van der Waals surface area contributed by atoms with E-state index in [0.717, 1.165) is 6.42 Å². The van der Waals surface area contributed by atoms with Crippen molar-refractivity contribution in [1.29, 1.82) is 0 Å². The number of hydrogen-bond donors (Lipinski definition) is 2. The summed E-state index contributed by atoms with van der Waals surface area (Å²) in [5, 5.41) is 2.63. The number of hydrogen-bond acceptors (Lipinski definition) is 3. The Labute approximate surface area is 98.0 Å². The number of nitrogens with two attached hydrogens (primary N) is 1. The first-order valence-electron chi connectivity index (χ1n) is 5.85. The van der Waals surface area contributed by atoms with Gasteiger partial charge < -0.3 is 11.1 Å². The zero-order valence-corrected chi connectivity index (χ0v) is 10.6. The second-order valence-corrected chi connectivity index (χ2v) is 4.73. The van der Waals surface area contributed by atoms with Gasteiger partial charge in [0.05, 0.1) is 12.1 Å². The van der Waals surface area contributed by atoms with Crippen LogP contribution < -0.4 is 11.1 Å². The third-order valence-corrected chi connectivity index (χ3v) is 2.70. The molecule has 0 spiro atoms. The van der Waals surface area contributed by atoms with Gasteiger partial charge in [0, 0.05) is 0 Å². The van der Waals surface area contributed by atoms with Crippen LogP contribution in [-0.2, 0) is 9.59 Å². The summed E-state index contributed by atoms with van der Waals surface area (Å²) in [6.45, 7) is 7.88. The summed E-state index contributed by atoms with van der Waals surface area (Å²) in [5.41, 5.74) is 5.72. The molecule has 0 rings (SSSR count). The molecule has 0 aliphatic heterocycles. The second-order valence-electron chi connectivity index (χ2n) is 4.73. The highest BCUT2D eigenvalue weighted by Gasteiger charge is 2.22. The largest absolute Gasteiger partial charge is 0.344 e. The Balaban J connectivity index is 4.24. The van der Waals surface area contributed by atoms with Gasteiger partial charge in [-0.25, -0.2) is 0 Å². The van der Waals surface area contributed by atoms with Gasteiger partial charge in [-0.3, -0.25) is 9.59 Å². The van der Waals surface area contributed by atoms with Crippen LogP contribution >= 0.6 is 0 Å². The molecule has 0 bridgehead atoms. The molecule has 1 amide bonds. The Kier molecular flexibility index (Phi) is 6.97. The van der Waals surface area contributed by atoms with Gasteiger partial charge in [-0.15, -0.1) is 0 Å². The van der Waals surface area contributed by atoms with Gasteiger partial charge in [0.1, 0.15) is 0 Å². The predicted molar refractivity (Wildman–Crippen MR) is 64.5 cm³/mol. The van der Waals surface area contributed by atoms with Crippen LogP contribution in [0.5, 0.6) is 0 Å². The summed E-state index contributed by atoms with van der Waals surface area (Å²) in [6.07, 6.45) is 3.30. The van der Waals surface area contributed by atoms with Crippen molar-refractivity contribution in [2.45, 2.75) is 52.6 Å². The van der Waals surface area contributed by atoms with Crippen LogP contribution in [-0.4, -0.2) is 24.3 Å². The average Bonchev–Trinajstić information content (AvgIpc) is 2.23. The van der Waals surface area contributed by atoms with Gasteiger partial charge in [-0.1, -0.05) is 34.1 Å². The third-order valence-electron chi connectivity index (χ3n) is 2.70. The molecule has 93 valence electrons. The third kappa shape index (κ3) is 5.26. The zero-order valence-electron chi connectivity index (χ0n) is 10.6. The molecule has 0 aromatic carbocycles. The minimum atomic E-state index is -0.546. The van der Waals surface area contributed by atoms with Crippen molar-refractivity contribution in [2.24, 2.45) is 17.6 Å². The molecule has 4 heteroatoms. The van der Waals surface area contributed by atoms with Crippen molar-refractivity contribution in [1.82, 2.24) is 5.32 Å². The molecule has 0 aliphatic carbocycles. The quantitative estimate of drug-likeness (QED) is 0.681. The Hall–Kier alpha value is -0.900. The lowest BCUT2D eigenvalue weighted by Crippen LogP contribution is -2.48. The van der Waals surface area contributed by atoms with E-state index in [0.29, 0.717) is 12.3 Å². The maximum atomic E-state index is 11.7. The SMILES string of the molecule is CCC(C)C([C]=O)NC(=O)C(N)CC(C)C. The van der Waals surface area contributed by atoms with E-state index in [9.17, 15) is 9.59 Å². The monoisotopic (exact) mass is 227 g/mol. The highest BCUT2D eigenvalue weighted by molar-refractivity contribution is 5.84. The van der Waals surface area contributed by atoms with E-state index in [1.807, 2.05) is 34.0 Å². The molecular formula is C12H23N2O2. The molecular weight excluding hydrogens is 204 g/mol. The highest BCUT2D eigenvalue weighted by atomic mass is 16.2. The summed E-state index contributed by atoms with van der Waals surface area (Å²) >= 11 is 0. The molecule has 3 N–H and O–H groups in total. The Morgan fingerprint density at radius 2 is 1.94 bits per heavy atom. The number of amides is 1. The summed E-state index contributed by atoms with van der Waals surface area (Å²) in [4.78, 5) is 22.4. The molecule has 3 unspecified atom stereocenters. The summed E-state index contributed by atoms with van der Waals surface area (Å²) < 4.78 is 0. The summed E-state index contributed by atoms with van der Waals surface area (Å²) in [7, 11) is 0. The molecule has 0 aliphatic rings. The minimum absolute atomic E-state index is 0.0905. The lowest BCUT2D eigenvalue weighted by molar-refractivity contribution is -0.123. The van der Waals surface area contributed by atoms with E-state index < -0.39 is 12.1 Å². The van der Waals surface area contributed by atoms with E-state index >= 15 is 0 Å². The average molecular weight is 227 g/mol. The molecule has 0 aromatic heterocycles. The normalized spacial score (nSPS) is 16.6. The lowest BCUT2D eigenvalue weighted by atomic mass is 9.99. The van der Waals surface area contributed by atoms with Gasteiger partial charge in [0.15, 0.2) is 0 Å². The topological polar surface area (TPSA) is 72.2 Å². The van der Waals surface area contributed by atoms with E-state index in [-0.39, 0.29) is 11.8 Å². The first-order valence-corrected chi connectivity index (χ1v) is 5.85. The van der Waals surface area contributed by atoms with Gasteiger partial charge in [0.2, 0.25) is 12.2 Å². The Bertz CT molecular complexity index is 229. The van der Waals surface area contributed by atoms with Crippen molar-refractivity contribution in [3.8, 4) is 0 Å². The van der Waals surface area contributed by atoms with Crippen LogP contribution in [0.15, 0.2) is 0 Å². The van der Waals surface area contributed by atoms with Crippen LogP contribution in [0.2, 0.25) is 0 Å². The maximum Gasteiger partial charge on any atom is 0.237 e. The standard InChI is InChI=1S/C12H23N2O2/c1-5-9(4)11(7-15)14-12(16)10(13)6-8(2)3/h8-11H,5-6,13H2,1-4H3,(H,14,16). The number of carbonyl (C=O) groups is 1. The van der Waals surface area contributed by atoms with Crippen molar-refractivity contribution >= 4 is 12.2 Å². The van der Waals surface area contributed by atoms with Crippen molar-refractivity contribution in [3.05, 3.63) is 0 Å². The maximum absolute atomic E-state index is 11.7. The van der Waals surface area contributed by atoms with Crippen LogP contribution in [0.25, 0.3) is 0 Å². The lowest BCUT2D eigenvalue weighted by Gasteiger charge is -2.21. The fourth-order valence-corrected chi connectivity index (χ4v) is 1.40.